The molecule has 1 N–H and O–H groups in total. The number of anilines is 2. The Labute approximate surface area is 218 Å². The number of Topliss-reactive ketones (excluding diaryl/α,β-unsaturated/α-hetero) is 1. The molecule has 1 unspecified atom stereocenters. The minimum absolute atomic E-state index is 0.0348. The molecular formula is C24H26F3N5O5S. The molecule has 2 aromatic heterocycles. The molecule has 3 rings (SSSR count). The van der Waals surface area contributed by atoms with Crippen molar-refractivity contribution in [3.63, 3.8) is 0 Å². The van der Waals surface area contributed by atoms with Gasteiger partial charge in [-0.15, -0.1) is 5.92 Å². The van der Waals surface area contributed by atoms with Crippen LogP contribution < -0.4 is 10.2 Å². The lowest BCUT2D eigenvalue weighted by atomic mass is 10.1. The minimum atomic E-state index is -5.02. The molecule has 0 radical (unpaired) electrons. The topological polar surface area (TPSA) is 122 Å². The third kappa shape index (κ3) is 6.99. The van der Waals surface area contributed by atoms with Crippen LogP contribution in [0, 0.1) is 11.8 Å². The fourth-order valence-corrected chi connectivity index (χ4v) is 4.94. The zero-order valence-electron chi connectivity index (χ0n) is 21.0. The first kappa shape index (κ1) is 28.9. The molecule has 0 aromatic carbocycles. The van der Waals surface area contributed by atoms with Crippen LogP contribution in [0.15, 0.2) is 41.6 Å². The quantitative estimate of drug-likeness (QED) is 0.441. The van der Waals surface area contributed by atoms with Gasteiger partial charge in [-0.2, -0.15) is 17.5 Å². The second-order valence-corrected chi connectivity index (χ2v) is 11.1. The molecule has 10 nitrogen and oxygen atoms in total. The van der Waals surface area contributed by atoms with Crippen molar-refractivity contribution in [3.8, 4) is 11.8 Å². The van der Waals surface area contributed by atoms with Crippen molar-refractivity contribution in [3.05, 3.63) is 42.2 Å². The van der Waals surface area contributed by atoms with Gasteiger partial charge in [-0.25, -0.2) is 23.2 Å². The van der Waals surface area contributed by atoms with Crippen molar-refractivity contribution in [1.82, 2.24) is 14.3 Å². The SMILES string of the molecule is CC#CC1CN(S(=O)(=O)c2ccc(NC(=O)OC(C)(C)C)nc2)CCN1c1ccc(C(=O)C(F)(F)F)cn1. The average Bonchev–Trinajstić information content (AvgIpc) is 2.82. The molecule has 3 heterocycles. The second kappa shape index (κ2) is 11.0. The zero-order valence-corrected chi connectivity index (χ0v) is 21.9. The van der Waals surface area contributed by atoms with Crippen LogP contribution in [0.2, 0.25) is 0 Å². The normalized spacial score (nSPS) is 16.8. The van der Waals surface area contributed by atoms with Gasteiger partial charge in [0.1, 0.15) is 28.2 Å². The number of halogens is 3. The Balaban J connectivity index is 1.74. The van der Waals surface area contributed by atoms with Gasteiger partial charge >= 0.3 is 12.3 Å². The number of amides is 1. The number of nitrogens with one attached hydrogen (secondary N) is 1. The van der Waals surface area contributed by atoms with Gasteiger partial charge in [0, 0.05) is 37.6 Å². The van der Waals surface area contributed by atoms with Gasteiger partial charge in [-0.05, 0) is 52.0 Å². The number of carbonyl (C=O) groups excluding carboxylic acids is 2. The van der Waals surface area contributed by atoms with E-state index >= 15 is 0 Å². The molecule has 1 aliphatic rings. The fraction of sp³-hybridized carbons (Fsp3) is 0.417. The number of piperazine rings is 1. The van der Waals surface area contributed by atoms with Crippen LogP contribution in [0.25, 0.3) is 0 Å². The van der Waals surface area contributed by atoms with E-state index in [1.807, 2.05) is 0 Å². The van der Waals surface area contributed by atoms with Gasteiger partial charge in [0.15, 0.2) is 0 Å². The van der Waals surface area contributed by atoms with Gasteiger partial charge in [0.2, 0.25) is 10.0 Å². The maximum Gasteiger partial charge on any atom is 0.454 e. The van der Waals surface area contributed by atoms with Crippen molar-refractivity contribution in [2.75, 3.05) is 29.9 Å². The molecule has 1 saturated heterocycles. The second-order valence-electron chi connectivity index (χ2n) is 9.20. The number of rotatable bonds is 5. The maximum absolute atomic E-state index is 13.3. The van der Waals surface area contributed by atoms with Crippen molar-refractivity contribution >= 4 is 33.5 Å². The Morgan fingerprint density at radius 3 is 2.32 bits per heavy atom. The molecule has 14 heteroatoms. The summed E-state index contributed by atoms with van der Waals surface area (Å²) in [5.41, 5.74) is -1.32. The van der Waals surface area contributed by atoms with Gasteiger partial charge < -0.3 is 9.64 Å². The average molecular weight is 554 g/mol. The Kier molecular flexibility index (Phi) is 8.33. The number of hydrogen-bond acceptors (Lipinski definition) is 8. The lowest BCUT2D eigenvalue weighted by molar-refractivity contribution is -0.0885. The van der Waals surface area contributed by atoms with E-state index in [0.29, 0.717) is 0 Å². The number of aromatic nitrogens is 2. The van der Waals surface area contributed by atoms with Crippen molar-refractivity contribution in [1.29, 1.82) is 0 Å². The van der Waals surface area contributed by atoms with E-state index in [-0.39, 0.29) is 36.2 Å². The highest BCUT2D eigenvalue weighted by Crippen LogP contribution is 2.26. The molecule has 1 amide bonds. The Bertz CT molecular complexity index is 1350. The molecule has 2 aromatic rings. The Morgan fingerprint density at radius 1 is 1.08 bits per heavy atom. The van der Waals surface area contributed by atoms with Gasteiger partial charge in [-0.1, -0.05) is 5.92 Å². The van der Waals surface area contributed by atoms with E-state index in [0.717, 1.165) is 18.5 Å². The number of hydrogen-bond donors (Lipinski definition) is 1. The van der Waals surface area contributed by atoms with Crippen LogP contribution in [0.4, 0.5) is 29.6 Å². The van der Waals surface area contributed by atoms with Crippen LogP contribution >= 0.6 is 0 Å². The lowest BCUT2D eigenvalue weighted by Gasteiger charge is -2.39. The van der Waals surface area contributed by atoms with Crippen molar-refractivity contribution in [2.24, 2.45) is 0 Å². The molecule has 0 aliphatic carbocycles. The molecule has 1 fully saturated rings. The Morgan fingerprint density at radius 2 is 1.79 bits per heavy atom. The molecule has 1 aliphatic heterocycles. The largest absolute Gasteiger partial charge is 0.454 e. The molecule has 38 heavy (non-hydrogen) atoms. The third-order valence-corrected chi connectivity index (χ3v) is 7.07. The van der Waals surface area contributed by atoms with E-state index in [2.05, 4.69) is 27.1 Å². The zero-order chi connectivity index (χ0) is 28.3. The van der Waals surface area contributed by atoms with Gasteiger partial charge in [-0.3, -0.25) is 10.1 Å². The van der Waals surface area contributed by atoms with Gasteiger partial charge in [0.05, 0.1) is 0 Å². The van der Waals surface area contributed by atoms with Crippen molar-refractivity contribution < 1.29 is 35.9 Å². The lowest BCUT2D eigenvalue weighted by Crippen LogP contribution is -2.54. The van der Waals surface area contributed by atoms with E-state index in [9.17, 15) is 31.2 Å². The van der Waals surface area contributed by atoms with Crippen LogP contribution in [-0.4, -0.2) is 72.0 Å². The summed E-state index contributed by atoms with van der Waals surface area (Å²) < 4.78 is 70.9. The van der Waals surface area contributed by atoms with E-state index in [1.54, 1.807) is 32.6 Å². The van der Waals surface area contributed by atoms with Crippen LogP contribution in [0.3, 0.4) is 0 Å². The van der Waals surface area contributed by atoms with Crippen LogP contribution in [0.5, 0.6) is 0 Å². The monoisotopic (exact) mass is 553 g/mol. The van der Waals surface area contributed by atoms with Gasteiger partial charge in [0.25, 0.3) is 5.78 Å². The number of carbonyl (C=O) groups is 2. The number of alkyl halides is 3. The summed E-state index contributed by atoms with van der Waals surface area (Å²) in [6.45, 7) is 6.80. The number of ether oxygens (including phenoxy) is 1. The first-order valence-corrected chi connectivity index (χ1v) is 12.8. The molecule has 0 saturated carbocycles. The first-order valence-electron chi connectivity index (χ1n) is 11.3. The summed E-state index contributed by atoms with van der Waals surface area (Å²) in [6.07, 6.45) is -3.80. The smallest absolute Gasteiger partial charge is 0.444 e. The number of ketones is 1. The first-order chi connectivity index (χ1) is 17.6. The van der Waals surface area contributed by atoms with Crippen molar-refractivity contribution in [2.45, 2.75) is 50.4 Å². The highest BCUT2D eigenvalue weighted by molar-refractivity contribution is 7.89. The molecular weight excluding hydrogens is 527 g/mol. The summed E-state index contributed by atoms with van der Waals surface area (Å²) in [5, 5.41) is 2.43. The summed E-state index contributed by atoms with van der Waals surface area (Å²) in [4.78, 5) is 32.9. The molecule has 0 spiro atoms. The van der Waals surface area contributed by atoms with E-state index < -0.39 is 45.3 Å². The summed E-state index contributed by atoms with van der Waals surface area (Å²) in [7, 11) is -3.98. The predicted molar refractivity (Wildman–Crippen MR) is 132 cm³/mol. The third-order valence-electron chi connectivity index (χ3n) is 5.22. The highest BCUT2D eigenvalue weighted by Gasteiger charge is 2.40. The maximum atomic E-state index is 13.3. The van der Waals surface area contributed by atoms with Crippen LogP contribution in [-0.2, 0) is 14.8 Å². The number of pyridine rings is 2. The predicted octanol–water partition coefficient (Wildman–Crippen LogP) is 3.47. The molecule has 0 bridgehead atoms. The number of sulfonamides is 1. The molecule has 204 valence electrons. The number of nitrogens with zero attached hydrogens (tertiary/aromatic N) is 4. The standard InChI is InChI=1S/C24H26F3N5O5S/c1-5-6-17-15-31(11-12-32(17)20-10-7-16(13-29-20)21(33)24(25,26)27)38(35,36)18-8-9-19(28-14-18)30-22(34)37-23(2,3)4/h7-10,13-14,17H,11-12,15H2,1-4H3,(H,28,30,34). The minimum Gasteiger partial charge on any atom is -0.444 e. The summed E-state index contributed by atoms with van der Waals surface area (Å²) in [6, 6.07) is 4.29. The fourth-order valence-electron chi connectivity index (χ4n) is 3.56. The summed E-state index contributed by atoms with van der Waals surface area (Å²) in [5.74, 6) is 4.00. The molecule has 1 atom stereocenters. The van der Waals surface area contributed by atoms with E-state index in [4.69, 9.17) is 4.74 Å². The highest BCUT2D eigenvalue weighted by atomic mass is 32.2. The Hall–Kier alpha value is -3.70. The summed E-state index contributed by atoms with van der Waals surface area (Å²) >= 11 is 0. The van der Waals surface area contributed by atoms with Crippen LogP contribution in [0.1, 0.15) is 38.1 Å². The van der Waals surface area contributed by atoms with E-state index in [1.165, 1.54) is 22.5 Å².